The summed E-state index contributed by atoms with van der Waals surface area (Å²) >= 11 is 0. The van der Waals surface area contributed by atoms with Crippen molar-refractivity contribution in [2.45, 2.75) is 11.5 Å². The second-order valence-corrected chi connectivity index (χ2v) is 6.24. The number of hydrogen-bond donors (Lipinski definition) is 1. The van der Waals surface area contributed by atoms with Crippen LogP contribution in [0.3, 0.4) is 0 Å². The van der Waals surface area contributed by atoms with E-state index in [0.29, 0.717) is 0 Å². The molecular weight excluding hydrogens is 326 g/mol. The van der Waals surface area contributed by atoms with E-state index in [1.54, 1.807) is 6.07 Å². The summed E-state index contributed by atoms with van der Waals surface area (Å²) in [6.45, 7) is -0.314. The van der Waals surface area contributed by atoms with Gasteiger partial charge in [0.25, 0.3) is 5.69 Å². The molecule has 0 unspecified atom stereocenters. The summed E-state index contributed by atoms with van der Waals surface area (Å²) < 4.78 is 28.8. The third kappa shape index (κ3) is 3.73. The van der Waals surface area contributed by atoms with Gasteiger partial charge in [-0.3, -0.25) is 10.1 Å². The highest BCUT2D eigenvalue weighted by Gasteiger charge is 2.20. The quantitative estimate of drug-likeness (QED) is 0.489. The molecule has 0 radical (unpaired) electrons. The van der Waals surface area contributed by atoms with E-state index in [1.165, 1.54) is 36.0 Å². The van der Waals surface area contributed by atoms with Crippen LogP contribution in [0.15, 0.2) is 41.4 Å². The smallest absolute Gasteiger partial charge is 0.355 e. The third-order valence-electron chi connectivity index (χ3n) is 3.06. The van der Waals surface area contributed by atoms with Crippen molar-refractivity contribution in [2.75, 3.05) is 0 Å². The molecule has 2 N–H and O–H groups in total. The molecule has 1 heterocycles. The zero-order chi connectivity index (χ0) is 17.2. The molecule has 0 aliphatic rings. The number of sulfonamides is 1. The Morgan fingerprint density at radius 2 is 2.04 bits per heavy atom. The van der Waals surface area contributed by atoms with Crippen molar-refractivity contribution >= 4 is 21.7 Å². The maximum atomic E-state index is 12.0. The predicted octanol–water partition coefficient (Wildman–Crippen LogP) is 0.938. The molecule has 1 aromatic heterocycles. The zero-order valence-corrected chi connectivity index (χ0v) is 12.8. The van der Waals surface area contributed by atoms with E-state index in [0.717, 1.165) is 6.07 Å². The molecule has 23 heavy (non-hydrogen) atoms. The summed E-state index contributed by atoms with van der Waals surface area (Å²) in [6, 6.07) is 6.92. The molecule has 122 valence electrons. The summed E-state index contributed by atoms with van der Waals surface area (Å²) in [7, 11) is -2.49. The van der Waals surface area contributed by atoms with Gasteiger partial charge in [-0.1, -0.05) is 12.1 Å². The zero-order valence-electron chi connectivity index (χ0n) is 12.0. The van der Waals surface area contributed by atoms with Gasteiger partial charge in [0.05, 0.1) is 10.5 Å². The molecule has 0 saturated heterocycles. The summed E-state index contributed by atoms with van der Waals surface area (Å²) in [5.74, 6) is -0.819. The molecule has 0 saturated carbocycles. The number of carbonyl (C=O) groups is 1. The van der Waals surface area contributed by atoms with E-state index in [2.05, 4.69) is 0 Å². The van der Waals surface area contributed by atoms with Crippen molar-refractivity contribution in [2.24, 2.45) is 12.2 Å². The molecule has 0 aliphatic heterocycles. The van der Waals surface area contributed by atoms with Gasteiger partial charge in [0.1, 0.15) is 17.2 Å². The Balaban J connectivity index is 2.18. The Morgan fingerprint density at radius 3 is 2.61 bits per heavy atom. The second-order valence-electron chi connectivity index (χ2n) is 4.68. The molecule has 9 nitrogen and oxygen atoms in total. The van der Waals surface area contributed by atoms with E-state index in [9.17, 15) is 23.3 Å². The molecule has 10 heteroatoms. The first-order valence-electron chi connectivity index (χ1n) is 6.28. The van der Waals surface area contributed by atoms with Crippen LogP contribution in [0.25, 0.3) is 0 Å². The van der Waals surface area contributed by atoms with E-state index in [4.69, 9.17) is 9.88 Å². The van der Waals surface area contributed by atoms with Crippen molar-refractivity contribution in [1.82, 2.24) is 4.57 Å². The van der Waals surface area contributed by atoms with Gasteiger partial charge in [0.2, 0.25) is 10.0 Å². The lowest BCUT2D eigenvalue weighted by molar-refractivity contribution is -0.385. The van der Waals surface area contributed by atoms with Crippen LogP contribution in [0.4, 0.5) is 5.69 Å². The molecule has 1 aromatic carbocycles. The van der Waals surface area contributed by atoms with Gasteiger partial charge in [-0.15, -0.1) is 0 Å². The lowest BCUT2D eigenvalue weighted by Gasteiger charge is -2.06. The number of aryl methyl sites for hydroxylation is 1. The van der Waals surface area contributed by atoms with Gasteiger partial charge >= 0.3 is 5.97 Å². The standard InChI is InChI=1S/C13H13N3O6S/c1-15-7-10(23(14,20)21)6-12(15)13(17)22-8-9-4-2-3-5-11(9)16(18)19/h2-7H,8H2,1H3,(H2,14,20,21). The fourth-order valence-electron chi connectivity index (χ4n) is 1.92. The highest BCUT2D eigenvalue weighted by atomic mass is 32.2. The number of esters is 1. The SMILES string of the molecule is Cn1cc(S(N)(=O)=O)cc1C(=O)OCc1ccccc1[N+](=O)[O-]. The fraction of sp³-hybridized carbons (Fsp3) is 0.154. The van der Waals surface area contributed by atoms with E-state index >= 15 is 0 Å². The number of ether oxygens (including phenoxy) is 1. The number of nitrogens with zero attached hydrogens (tertiary/aromatic N) is 2. The number of benzene rings is 1. The second kappa shape index (κ2) is 6.18. The lowest BCUT2D eigenvalue weighted by atomic mass is 10.2. The Hall–Kier alpha value is -2.72. The summed E-state index contributed by atoms with van der Waals surface area (Å²) in [5.41, 5.74) is 0.0248. The minimum absolute atomic E-state index is 0.0346. The van der Waals surface area contributed by atoms with E-state index in [-0.39, 0.29) is 28.4 Å². The molecule has 0 amide bonds. The van der Waals surface area contributed by atoms with Gasteiger partial charge in [-0.05, 0) is 12.1 Å². The number of nitro benzene ring substituents is 1. The van der Waals surface area contributed by atoms with E-state index in [1.807, 2.05) is 0 Å². The largest absolute Gasteiger partial charge is 0.456 e. The number of aromatic nitrogens is 1. The molecule has 2 rings (SSSR count). The Bertz CT molecular complexity index is 872. The van der Waals surface area contributed by atoms with Crippen molar-refractivity contribution in [3.63, 3.8) is 0 Å². The van der Waals surface area contributed by atoms with Crippen LogP contribution in [-0.2, 0) is 28.4 Å². The van der Waals surface area contributed by atoms with Crippen molar-refractivity contribution in [3.8, 4) is 0 Å². The Morgan fingerprint density at radius 1 is 1.39 bits per heavy atom. The summed E-state index contributed by atoms with van der Waals surface area (Å²) in [5, 5.41) is 15.9. The normalized spacial score (nSPS) is 11.2. The number of primary sulfonamides is 1. The number of hydrogen-bond acceptors (Lipinski definition) is 6. The molecule has 0 spiro atoms. The predicted molar refractivity (Wildman–Crippen MR) is 79.0 cm³/mol. The van der Waals surface area contributed by atoms with Crippen LogP contribution < -0.4 is 5.14 Å². The number of nitrogens with two attached hydrogens (primary N) is 1. The van der Waals surface area contributed by atoms with Crippen molar-refractivity contribution in [3.05, 3.63) is 57.9 Å². The van der Waals surface area contributed by atoms with Crippen LogP contribution in [0.1, 0.15) is 16.1 Å². The minimum atomic E-state index is -3.94. The highest BCUT2D eigenvalue weighted by Crippen LogP contribution is 2.19. The first kappa shape index (κ1) is 16.6. The number of para-hydroxylation sites is 1. The average Bonchev–Trinajstić information content (AvgIpc) is 2.87. The monoisotopic (exact) mass is 339 g/mol. The van der Waals surface area contributed by atoms with Crippen LogP contribution >= 0.6 is 0 Å². The molecule has 0 atom stereocenters. The van der Waals surface area contributed by atoms with E-state index < -0.39 is 20.9 Å². The van der Waals surface area contributed by atoms with Crippen LogP contribution in [0.5, 0.6) is 0 Å². The molecular formula is C13H13N3O6S. The van der Waals surface area contributed by atoms with Gasteiger partial charge < -0.3 is 9.30 Å². The van der Waals surface area contributed by atoms with Gasteiger partial charge in [-0.25, -0.2) is 18.4 Å². The molecule has 0 aliphatic carbocycles. The van der Waals surface area contributed by atoms with Gasteiger partial charge in [0, 0.05) is 19.3 Å². The average molecular weight is 339 g/mol. The molecule has 0 bridgehead atoms. The van der Waals surface area contributed by atoms with Crippen LogP contribution in [0, 0.1) is 10.1 Å². The maximum absolute atomic E-state index is 12.0. The molecule has 2 aromatic rings. The number of rotatable bonds is 5. The summed E-state index contributed by atoms with van der Waals surface area (Å²) in [6.07, 6.45) is 1.18. The fourth-order valence-corrected chi connectivity index (χ4v) is 2.50. The van der Waals surface area contributed by atoms with Gasteiger partial charge in [-0.2, -0.15) is 0 Å². The van der Waals surface area contributed by atoms with Crippen molar-refractivity contribution in [1.29, 1.82) is 0 Å². The minimum Gasteiger partial charge on any atom is -0.456 e. The van der Waals surface area contributed by atoms with Crippen molar-refractivity contribution < 1.29 is 22.9 Å². The number of nitro groups is 1. The Labute approximate surface area is 131 Å². The first-order valence-corrected chi connectivity index (χ1v) is 7.83. The number of carbonyl (C=O) groups excluding carboxylic acids is 1. The Kier molecular flexibility index (Phi) is 4.48. The van der Waals surface area contributed by atoms with Crippen LogP contribution in [0.2, 0.25) is 0 Å². The summed E-state index contributed by atoms with van der Waals surface area (Å²) in [4.78, 5) is 22.1. The lowest BCUT2D eigenvalue weighted by Crippen LogP contribution is -2.11. The highest BCUT2D eigenvalue weighted by molar-refractivity contribution is 7.89. The first-order chi connectivity index (χ1) is 10.7. The third-order valence-corrected chi connectivity index (χ3v) is 3.94. The van der Waals surface area contributed by atoms with Crippen LogP contribution in [-0.4, -0.2) is 23.9 Å². The van der Waals surface area contributed by atoms with Gasteiger partial charge in [0.15, 0.2) is 0 Å². The molecule has 0 fully saturated rings. The topological polar surface area (TPSA) is 135 Å². The maximum Gasteiger partial charge on any atom is 0.355 e.